The fourth-order valence-corrected chi connectivity index (χ4v) is 3.09. The first-order valence-corrected chi connectivity index (χ1v) is 7.24. The second-order valence-electron chi connectivity index (χ2n) is 5.39. The summed E-state index contributed by atoms with van der Waals surface area (Å²) in [5, 5.41) is 19.0. The maximum Gasteiger partial charge on any atom is 0.0995 e. The Bertz CT molecular complexity index is 675. The summed E-state index contributed by atoms with van der Waals surface area (Å²) in [6.07, 6.45) is 0.987. The first-order chi connectivity index (χ1) is 10.3. The molecule has 1 N–H and O–H groups in total. The topological polar surface area (TPSA) is 47.3 Å². The number of hydrogen-bond acceptors (Lipinski definition) is 3. The Kier molecular flexibility index (Phi) is 4.01. The summed E-state index contributed by atoms with van der Waals surface area (Å²) in [5.74, 6) is 0. The maximum absolute atomic E-state index is 9.81. The molecule has 106 valence electrons. The highest BCUT2D eigenvalue weighted by atomic mass is 16.3. The second-order valence-corrected chi connectivity index (χ2v) is 5.39. The third kappa shape index (κ3) is 2.69. The predicted molar refractivity (Wildman–Crippen MR) is 81.5 cm³/mol. The lowest BCUT2D eigenvalue weighted by Gasteiger charge is -2.36. The minimum Gasteiger partial charge on any atom is -0.394 e. The van der Waals surface area contributed by atoms with Crippen LogP contribution < -0.4 is 0 Å². The number of aliphatic hydroxyl groups excluding tert-OH is 1. The van der Waals surface area contributed by atoms with Crippen molar-refractivity contribution in [1.82, 2.24) is 4.90 Å². The molecule has 0 bridgehead atoms. The smallest absolute Gasteiger partial charge is 0.0995 e. The van der Waals surface area contributed by atoms with Crippen molar-refractivity contribution in [2.24, 2.45) is 0 Å². The number of rotatable bonds is 3. The Labute approximate surface area is 125 Å². The van der Waals surface area contributed by atoms with Gasteiger partial charge in [0.05, 0.1) is 24.3 Å². The predicted octanol–water partition coefficient (Wildman–Crippen LogP) is 2.65. The third-order valence-electron chi connectivity index (χ3n) is 4.21. The van der Waals surface area contributed by atoms with E-state index in [-0.39, 0.29) is 12.6 Å². The number of aliphatic hydroxyl groups is 1. The quantitative estimate of drug-likeness (QED) is 0.939. The molecule has 2 aromatic carbocycles. The van der Waals surface area contributed by atoms with Crippen LogP contribution in [0.4, 0.5) is 0 Å². The number of fused-ring (bicyclic) bond motifs is 1. The van der Waals surface area contributed by atoms with E-state index in [4.69, 9.17) is 0 Å². The van der Waals surface area contributed by atoms with Crippen molar-refractivity contribution >= 4 is 0 Å². The zero-order valence-electron chi connectivity index (χ0n) is 11.9. The highest BCUT2D eigenvalue weighted by Crippen LogP contribution is 2.30. The molecule has 0 amide bonds. The van der Waals surface area contributed by atoms with Gasteiger partial charge in [0, 0.05) is 13.1 Å². The van der Waals surface area contributed by atoms with Crippen molar-refractivity contribution < 1.29 is 5.11 Å². The number of nitrogens with zero attached hydrogens (tertiary/aromatic N) is 2. The standard InChI is InChI=1S/C18H18N2O/c19-11-15-6-1-2-7-16(15)12-20-10-9-14-5-3-4-8-17(14)18(20)13-21/h1-8,18,21H,9-10,12-13H2. The largest absolute Gasteiger partial charge is 0.394 e. The van der Waals surface area contributed by atoms with Crippen LogP contribution in [0.3, 0.4) is 0 Å². The summed E-state index contributed by atoms with van der Waals surface area (Å²) >= 11 is 0. The SMILES string of the molecule is N#Cc1ccccc1CN1CCc2ccccc2C1CO. The van der Waals surface area contributed by atoms with E-state index < -0.39 is 0 Å². The molecule has 1 aliphatic heterocycles. The van der Waals surface area contributed by atoms with E-state index in [1.54, 1.807) is 0 Å². The van der Waals surface area contributed by atoms with Gasteiger partial charge in [0.1, 0.15) is 0 Å². The number of benzene rings is 2. The molecule has 0 fully saturated rings. The molecule has 0 aliphatic carbocycles. The Morgan fingerprint density at radius 1 is 1.14 bits per heavy atom. The molecule has 3 nitrogen and oxygen atoms in total. The molecule has 0 aromatic heterocycles. The summed E-state index contributed by atoms with van der Waals surface area (Å²) in [6.45, 7) is 1.71. The van der Waals surface area contributed by atoms with Crippen molar-refractivity contribution in [1.29, 1.82) is 5.26 Å². The zero-order chi connectivity index (χ0) is 14.7. The normalized spacial score (nSPS) is 18.0. The van der Waals surface area contributed by atoms with E-state index in [2.05, 4.69) is 23.1 Å². The maximum atomic E-state index is 9.81. The third-order valence-corrected chi connectivity index (χ3v) is 4.21. The molecule has 0 radical (unpaired) electrons. The van der Waals surface area contributed by atoms with Crippen LogP contribution in [0.1, 0.15) is 28.3 Å². The number of nitriles is 1. The molecule has 0 saturated carbocycles. The summed E-state index contributed by atoms with van der Waals surface area (Å²) in [4.78, 5) is 2.26. The summed E-state index contributed by atoms with van der Waals surface area (Å²) in [7, 11) is 0. The van der Waals surface area contributed by atoms with Crippen LogP contribution in [0.2, 0.25) is 0 Å². The van der Waals surface area contributed by atoms with E-state index >= 15 is 0 Å². The summed E-state index contributed by atoms with van der Waals surface area (Å²) in [6, 6.07) is 18.3. The highest BCUT2D eigenvalue weighted by Gasteiger charge is 2.26. The lowest BCUT2D eigenvalue weighted by molar-refractivity contribution is 0.108. The van der Waals surface area contributed by atoms with Gasteiger partial charge in [-0.05, 0) is 29.2 Å². The summed E-state index contributed by atoms with van der Waals surface area (Å²) < 4.78 is 0. The molecule has 3 heteroatoms. The minimum atomic E-state index is 0.0155. The lowest BCUT2D eigenvalue weighted by Crippen LogP contribution is -2.37. The van der Waals surface area contributed by atoms with Crippen molar-refractivity contribution in [2.75, 3.05) is 13.2 Å². The molecule has 0 spiro atoms. The summed E-state index contributed by atoms with van der Waals surface area (Å²) in [5.41, 5.74) is 4.27. The van der Waals surface area contributed by atoms with Crippen molar-refractivity contribution in [3.8, 4) is 6.07 Å². The average molecular weight is 278 g/mol. The number of hydrogen-bond donors (Lipinski definition) is 1. The molecule has 1 aliphatic rings. The van der Waals surface area contributed by atoms with Gasteiger partial charge in [-0.15, -0.1) is 0 Å². The Morgan fingerprint density at radius 2 is 1.90 bits per heavy atom. The molecule has 0 saturated heterocycles. The van der Waals surface area contributed by atoms with Gasteiger partial charge in [-0.2, -0.15) is 5.26 Å². The highest BCUT2D eigenvalue weighted by molar-refractivity contribution is 5.38. The fourth-order valence-electron chi connectivity index (χ4n) is 3.09. The first-order valence-electron chi connectivity index (χ1n) is 7.24. The van der Waals surface area contributed by atoms with E-state index in [0.29, 0.717) is 12.1 Å². The molecule has 1 atom stereocenters. The molecular formula is C18H18N2O. The van der Waals surface area contributed by atoms with Gasteiger partial charge >= 0.3 is 0 Å². The van der Waals surface area contributed by atoms with Crippen LogP contribution in [0, 0.1) is 11.3 Å². The fraction of sp³-hybridized carbons (Fsp3) is 0.278. The van der Waals surface area contributed by atoms with Gasteiger partial charge in [-0.3, -0.25) is 4.90 Å². The molecule has 1 unspecified atom stereocenters. The molecule has 21 heavy (non-hydrogen) atoms. The average Bonchev–Trinajstić information content (AvgIpc) is 2.55. The van der Waals surface area contributed by atoms with E-state index in [0.717, 1.165) is 18.5 Å². The lowest BCUT2D eigenvalue weighted by atomic mass is 9.92. The van der Waals surface area contributed by atoms with Crippen molar-refractivity contribution in [3.63, 3.8) is 0 Å². The van der Waals surface area contributed by atoms with E-state index in [9.17, 15) is 10.4 Å². The molecule has 3 rings (SSSR count). The van der Waals surface area contributed by atoms with Crippen molar-refractivity contribution in [2.45, 2.75) is 19.0 Å². The van der Waals surface area contributed by atoms with Crippen LogP contribution in [0.15, 0.2) is 48.5 Å². The monoisotopic (exact) mass is 278 g/mol. The van der Waals surface area contributed by atoms with Crippen LogP contribution in [0.5, 0.6) is 0 Å². The second kappa shape index (κ2) is 6.09. The van der Waals surface area contributed by atoms with Gasteiger partial charge in [-0.1, -0.05) is 42.5 Å². The Balaban J connectivity index is 1.88. The zero-order valence-corrected chi connectivity index (χ0v) is 11.9. The van der Waals surface area contributed by atoms with E-state index in [1.165, 1.54) is 11.1 Å². The van der Waals surface area contributed by atoms with E-state index in [1.807, 2.05) is 36.4 Å². The van der Waals surface area contributed by atoms with Gasteiger partial charge in [-0.25, -0.2) is 0 Å². The molecular weight excluding hydrogens is 260 g/mol. The molecule has 2 aromatic rings. The van der Waals surface area contributed by atoms with Gasteiger partial charge < -0.3 is 5.11 Å². The van der Waals surface area contributed by atoms with Crippen LogP contribution in [-0.2, 0) is 13.0 Å². The minimum absolute atomic E-state index is 0.0155. The van der Waals surface area contributed by atoms with Crippen LogP contribution in [0.25, 0.3) is 0 Å². The van der Waals surface area contributed by atoms with Gasteiger partial charge in [0.15, 0.2) is 0 Å². The van der Waals surface area contributed by atoms with Crippen LogP contribution in [-0.4, -0.2) is 23.2 Å². The van der Waals surface area contributed by atoms with Gasteiger partial charge in [0.2, 0.25) is 0 Å². The van der Waals surface area contributed by atoms with Crippen molar-refractivity contribution in [3.05, 3.63) is 70.8 Å². The first kappa shape index (κ1) is 13.8. The van der Waals surface area contributed by atoms with Gasteiger partial charge in [0.25, 0.3) is 0 Å². The Hall–Kier alpha value is -2.15. The molecule has 1 heterocycles. The Morgan fingerprint density at radius 3 is 2.71 bits per heavy atom. The van der Waals surface area contributed by atoms with Crippen LogP contribution >= 0.6 is 0 Å².